The van der Waals surface area contributed by atoms with Gasteiger partial charge in [-0.3, -0.25) is 24.6 Å². The van der Waals surface area contributed by atoms with Crippen LogP contribution in [0.15, 0.2) is 47.4 Å². The van der Waals surface area contributed by atoms with Gasteiger partial charge >= 0.3 is 12.2 Å². The lowest BCUT2D eigenvalue weighted by molar-refractivity contribution is -0.141. The molecule has 10 nitrogen and oxygen atoms in total. The van der Waals surface area contributed by atoms with Gasteiger partial charge in [-0.15, -0.1) is 0 Å². The molecule has 2 N–H and O–H groups in total. The maximum Gasteiger partial charge on any atom is 0.408 e. The Kier molecular flexibility index (Phi) is 9.78. The van der Waals surface area contributed by atoms with Gasteiger partial charge in [0.25, 0.3) is 0 Å². The minimum atomic E-state index is -4.50. The molecule has 3 fully saturated rings. The van der Waals surface area contributed by atoms with Crippen molar-refractivity contribution >= 4 is 39.6 Å². The number of piperidine rings is 2. The fourth-order valence-corrected chi connectivity index (χ4v) is 8.07. The van der Waals surface area contributed by atoms with E-state index in [9.17, 15) is 27.0 Å². The van der Waals surface area contributed by atoms with Gasteiger partial charge in [-0.05, 0) is 86.6 Å². The average Bonchev–Trinajstić information content (AvgIpc) is 3.37. The number of alkyl halides is 3. The number of benzene rings is 2. The molecule has 1 atom stereocenters. The molecule has 0 saturated carbocycles. The van der Waals surface area contributed by atoms with Crippen molar-refractivity contribution in [3.63, 3.8) is 0 Å². The number of carbonyl (C=O) groups excluding carboxylic acids is 2. The van der Waals surface area contributed by atoms with Crippen LogP contribution in [0.5, 0.6) is 0 Å². The summed E-state index contributed by atoms with van der Waals surface area (Å²) in [5.41, 5.74) is 2.36. The molecule has 14 heteroatoms. The fraction of sp³-hybridized carbons (Fsp3) is 0.531. The number of urea groups is 1. The summed E-state index contributed by atoms with van der Waals surface area (Å²) >= 11 is 0. The molecule has 3 saturated heterocycles. The molecular formula is C32H40F3N7O3S. The number of fused-ring (bicyclic) bond motifs is 1. The standard InChI is InChI=1S/C32H40F3N7O3S/c1-2-36-25-10-15-40(16-11-25)46(45)26-5-3-4-22(18-26)20-39-13-8-23(9-14-39)24-6-7-27-28(19-24)42(21-32(33,34)35)38-30(27)41-17-12-29(43)37-31(41)44/h3-7,18-19,23,25,36H,2,8-17,20-21H2,1H3,(H,37,43,44). The highest BCUT2D eigenvalue weighted by atomic mass is 32.2. The predicted molar refractivity (Wildman–Crippen MR) is 170 cm³/mol. The van der Waals surface area contributed by atoms with Crippen LogP contribution in [0.4, 0.5) is 23.8 Å². The molecule has 3 aliphatic heterocycles. The van der Waals surface area contributed by atoms with Gasteiger partial charge in [-0.1, -0.05) is 25.1 Å². The van der Waals surface area contributed by atoms with Crippen LogP contribution >= 0.6 is 0 Å². The van der Waals surface area contributed by atoms with Crippen LogP contribution in [-0.4, -0.2) is 86.6 Å². The minimum Gasteiger partial charge on any atom is -0.314 e. The molecule has 1 unspecified atom stereocenters. The van der Waals surface area contributed by atoms with Gasteiger partial charge in [0.05, 0.1) is 10.4 Å². The van der Waals surface area contributed by atoms with Crippen LogP contribution in [0, 0.1) is 0 Å². The normalized spacial score (nSPS) is 20.4. The SMILES string of the molecule is CCNC1CCN(S(=O)c2cccc(CN3CCC(c4ccc5c(N6CCC(=O)NC6=O)nn(CC(F)(F)F)c5c4)CC3)c2)CC1. The molecule has 46 heavy (non-hydrogen) atoms. The summed E-state index contributed by atoms with van der Waals surface area (Å²) in [6, 6.07) is 13.2. The second-order valence-electron chi connectivity index (χ2n) is 12.3. The van der Waals surface area contributed by atoms with E-state index in [0.717, 1.165) is 85.7 Å². The van der Waals surface area contributed by atoms with Gasteiger partial charge in [-0.2, -0.15) is 18.3 Å². The third-order valence-electron chi connectivity index (χ3n) is 9.14. The van der Waals surface area contributed by atoms with Crippen molar-refractivity contribution in [2.75, 3.05) is 44.2 Å². The highest BCUT2D eigenvalue weighted by molar-refractivity contribution is 7.82. The molecule has 6 rings (SSSR count). The van der Waals surface area contributed by atoms with Gasteiger partial charge in [0.15, 0.2) is 5.82 Å². The van der Waals surface area contributed by atoms with E-state index < -0.39 is 35.6 Å². The van der Waals surface area contributed by atoms with Crippen molar-refractivity contribution in [3.8, 4) is 0 Å². The molecule has 1 aromatic heterocycles. The topological polar surface area (TPSA) is 103 Å². The van der Waals surface area contributed by atoms with E-state index in [4.69, 9.17) is 0 Å². The van der Waals surface area contributed by atoms with E-state index in [2.05, 4.69) is 37.9 Å². The molecule has 0 radical (unpaired) electrons. The van der Waals surface area contributed by atoms with Crippen LogP contribution in [-0.2, 0) is 28.9 Å². The molecule has 248 valence electrons. The van der Waals surface area contributed by atoms with Crippen LogP contribution in [0.3, 0.4) is 0 Å². The summed E-state index contributed by atoms with van der Waals surface area (Å²) in [6.45, 7) is 5.82. The first kappa shape index (κ1) is 32.6. The van der Waals surface area contributed by atoms with Crippen molar-refractivity contribution in [3.05, 3.63) is 53.6 Å². The van der Waals surface area contributed by atoms with Gasteiger partial charge in [0, 0.05) is 44.0 Å². The summed E-state index contributed by atoms with van der Waals surface area (Å²) in [5, 5.41) is 10.3. The number of hydrogen-bond acceptors (Lipinski definition) is 6. The lowest BCUT2D eigenvalue weighted by Crippen LogP contribution is -2.49. The lowest BCUT2D eigenvalue weighted by Gasteiger charge is -2.33. The molecule has 0 aliphatic carbocycles. The van der Waals surface area contributed by atoms with Gasteiger partial charge in [0.1, 0.15) is 17.5 Å². The molecule has 3 amide bonds. The van der Waals surface area contributed by atoms with Crippen molar-refractivity contribution in [2.24, 2.45) is 0 Å². The molecular weight excluding hydrogens is 619 g/mol. The number of rotatable bonds is 9. The molecule has 4 heterocycles. The highest BCUT2D eigenvalue weighted by Gasteiger charge is 2.33. The summed E-state index contributed by atoms with van der Waals surface area (Å²) in [5.74, 6) is -0.141. The Morgan fingerprint density at radius 3 is 2.46 bits per heavy atom. The van der Waals surface area contributed by atoms with Crippen LogP contribution < -0.4 is 15.5 Å². The first-order valence-corrected chi connectivity index (χ1v) is 17.1. The number of anilines is 1. The molecule has 3 aromatic rings. The number of nitrogens with zero attached hydrogens (tertiary/aromatic N) is 5. The molecule has 3 aliphatic rings. The predicted octanol–water partition coefficient (Wildman–Crippen LogP) is 4.52. The number of likely N-dealkylation sites (tertiary alicyclic amines) is 1. The number of nitrogens with one attached hydrogen (secondary N) is 2. The first-order chi connectivity index (χ1) is 22.1. The fourth-order valence-electron chi connectivity index (χ4n) is 6.78. The van der Waals surface area contributed by atoms with E-state index in [1.165, 1.54) is 4.90 Å². The third-order valence-corrected chi connectivity index (χ3v) is 10.6. The Balaban J connectivity index is 1.11. The zero-order valence-electron chi connectivity index (χ0n) is 25.9. The van der Waals surface area contributed by atoms with Crippen molar-refractivity contribution in [1.82, 2.24) is 29.6 Å². The van der Waals surface area contributed by atoms with Crippen LogP contribution in [0.25, 0.3) is 10.9 Å². The van der Waals surface area contributed by atoms with E-state index in [1.807, 2.05) is 24.3 Å². The monoisotopic (exact) mass is 659 g/mol. The Morgan fingerprint density at radius 2 is 1.76 bits per heavy atom. The quantitative estimate of drug-likeness (QED) is 0.351. The largest absolute Gasteiger partial charge is 0.408 e. The maximum absolute atomic E-state index is 13.5. The molecule has 0 spiro atoms. The average molecular weight is 660 g/mol. The van der Waals surface area contributed by atoms with E-state index in [0.29, 0.717) is 16.9 Å². The van der Waals surface area contributed by atoms with Crippen LogP contribution in [0.1, 0.15) is 56.1 Å². The Morgan fingerprint density at radius 1 is 1.00 bits per heavy atom. The van der Waals surface area contributed by atoms with Gasteiger partial charge in [0.2, 0.25) is 5.91 Å². The van der Waals surface area contributed by atoms with Crippen molar-refractivity contribution in [2.45, 2.75) is 75.1 Å². The second-order valence-corrected chi connectivity index (χ2v) is 13.8. The summed E-state index contributed by atoms with van der Waals surface area (Å²) in [6.07, 6.45) is -0.780. The van der Waals surface area contributed by atoms with Crippen molar-refractivity contribution in [1.29, 1.82) is 0 Å². The second kappa shape index (κ2) is 13.8. The van der Waals surface area contributed by atoms with E-state index in [1.54, 1.807) is 12.1 Å². The van der Waals surface area contributed by atoms with Gasteiger partial charge in [-0.25, -0.2) is 13.3 Å². The Labute approximate surface area is 268 Å². The van der Waals surface area contributed by atoms with E-state index >= 15 is 0 Å². The summed E-state index contributed by atoms with van der Waals surface area (Å²) in [4.78, 5) is 28.5. The van der Waals surface area contributed by atoms with Crippen LogP contribution in [0.2, 0.25) is 0 Å². The van der Waals surface area contributed by atoms with Crippen molar-refractivity contribution < 1.29 is 27.0 Å². The minimum absolute atomic E-state index is 0.0496. The maximum atomic E-state index is 13.5. The summed E-state index contributed by atoms with van der Waals surface area (Å²) < 4.78 is 56.8. The Bertz CT molecular complexity index is 1600. The molecule has 2 aromatic carbocycles. The molecule has 0 bridgehead atoms. The number of amides is 3. The zero-order chi connectivity index (χ0) is 32.4. The number of hydrogen-bond donors (Lipinski definition) is 2. The zero-order valence-corrected chi connectivity index (χ0v) is 26.7. The summed E-state index contributed by atoms with van der Waals surface area (Å²) in [7, 11) is -1.19. The Hall–Kier alpha value is -3.33. The number of imide groups is 1. The number of aromatic nitrogens is 2. The number of carbonyl (C=O) groups is 2. The first-order valence-electron chi connectivity index (χ1n) is 16.0. The van der Waals surface area contributed by atoms with Gasteiger partial charge < -0.3 is 5.32 Å². The van der Waals surface area contributed by atoms with E-state index in [-0.39, 0.29) is 24.7 Å². The smallest absolute Gasteiger partial charge is 0.314 e. The number of halogens is 3. The lowest BCUT2D eigenvalue weighted by atomic mass is 9.89. The third kappa shape index (κ3) is 7.45. The highest BCUT2D eigenvalue weighted by Crippen LogP contribution is 2.35.